The van der Waals surface area contributed by atoms with Crippen LogP contribution in [0.2, 0.25) is 0 Å². The highest BCUT2D eigenvalue weighted by molar-refractivity contribution is 7.87. The molecule has 2 saturated carbocycles. The minimum Gasteiger partial charge on any atom is -0.294 e. The summed E-state index contributed by atoms with van der Waals surface area (Å²) >= 11 is 6.27. The van der Waals surface area contributed by atoms with E-state index in [1.165, 1.54) is 28.8 Å². The third-order valence-electron chi connectivity index (χ3n) is 7.60. The molecule has 0 atom stereocenters. The van der Waals surface area contributed by atoms with Gasteiger partial charge >= 0.3 is 0 Å². The number of benzene rings is 3. The Morgan fingerprint density at radius 1 is 0.571 bits per heavy atom. The lowest BCUT2D eigenvalue weighted by atomic mass is 9.87. The van der Waals surface area contributed by atoms with Gasteiger partial charge in [0.25, 0.3) is 0 Å². The van der Waals surface area contributed by atoms with Crippen LogP contribution in [-0.4, -0.2) is 23.7 Å². The zero-order valence-electron chi connectivity index (χ0n) is 20.4. The first-order valence-corrected chi connectivity index (χ1v) is 15.4. The predicted molar refractivity (Wildman–Crippen MR) is 154 cm³/mol. The average Bonchev–Trinajstić information content (AvgIpc) is 2.93. The van der Waals surface area contributed by atoms with E-state index in [0.29, 0.717) is 23.4 Å². The van der Waals surface area contributed by atoms with Crippen LogP contribution < -0.4 is 15.9 Å². The first-order valence-electron chi connectivity index (χ1n) is 13.2. The molecule has 2 aliphatic carbocycles. The van der Waals surface area contributed by atoms with Crippen molar-refractivity contribution < 1.29 is 0 Å². The van der Waals surface area contributed by atoms with Crippen LogP contribution in [0.3, 0.4) is 0 Å². The largest absolute Gasteiger partial charge is 0.294 e. The number of aliphatic imine (C=N–C) groups is 1. The van der Waals surface area contributed by atoms with Gasteiger partial charge in [-0.3, -0.25) is 9.74 Å². The molecule has 0 amide bonds. The fourth-order valence-electron chi connectivity index (χ4n) is 5.62. The van der Waals surface area contributed by atoms with Gasteiger partial charge < -0.3 is 0 Å². The van der Waals surface area contributed by atoms with E-state index in [9.17, 15) is 0 Å². The van der Waals surface area contributed by atoms with Crippen LogP contribution >= 0.6 is 18.7 Å². The quantitative estimate of drug-likeness (QED) is 0.191. The molecule has 0 aromatic heterocycles. The fourth-order valence-corrected chi connectivity index (χ4v) is 9.70. The van der Waals surface area contributed by atoms with Crippen molar-refractivity contribution in [1.29, 1.82) is 0 Å². The van der Waals surface area contributed by atoms with Crippen molar-refractivity contribution in [3.8, 4) is 0 Å². The highest BCUT2D eigenvalue weighted by atomic mass is 35.5. The maximum atomic E-state index is 6.27. The summed E-state index contributed by atoms with van der Waals surface area (Å²) in [5.41, 5.74) is 0. The number of hydrogen-bond acceptors (Lipinski definition) is 2. The molecule has 0 radical (unpaired) electrons. The Hall–Kier alpha value is -2.15. The van der Waals surface area contributed by atoms with Crippen molar-refractivity contribution in [2.75, 3.05) is 0 Å². The first-order chi connectivity index (χ1) is 17.2. The minimum absolute atomic E-state index is 0.362. The van der Waals surface area contributed by atoms with Crippen molar-refractivity contribution in [2.45, 2.75) is 68.8 Å². The normalized spacial score (nSPS) is 25.4. The van der Waals surface area contributed by atoms with Gasteiger partial charge in [0.15, 0.2) is 0 Å². The second kappa shape index (κ2) is 11.7. The molecule has 0 aliphatic heterocycles. The number of nitrogens with zero attached hydrogens (tertiary/aromatic N) is 2. The molecule has 2 fully saturated rings. The van der Waals surface area contributed by atoms with Crippen molar-refractivity contribution in [2.24, 2.45) is 15.7 Å². The number of hydrogen-bond donors (Lipinski definition) is 0. The molecular weight excluding hydrogens is 467 g/mol. The van der Waals surface area contributed by atoms with E-state index in [-0.39, 0.29) is 0 Å². The monoisotopic (exact) mass is 502 g/mol. The molecule has 5 rings (SSSR count). The van der Waals surface area contributed by atoms with Gasteiger partial charge in [-0.15, -0.1) is 11.6 Å². The molecule has 2 nitrogen and oxygen atoms in total. The third kappa shape index (κ3) is 5.82. The van der Waals surface area contributed by atoms with Crippen LogP contribution in [0.1, 0.15) is 51.4 Å². The predicted octanol–water partition coefficient (Wildman–Crippen LogP) is 7.34. The van der Waals surface area contributed by atoms with Gasteiger partial charge in [-0.1, -0.05) is 91.0 Å². The molecule has 4 heteroatoms. The Morgan fingerprint density at radius 2 is 1.00 bits per heavy atom. The molecule has 182 valence electrons. The summed E-state index contributed by atoms with van der Waals surface area (Å²) in [6.45, 7) is 0. The number of rotatable bonds is 6. The second-order valence-electron chi connectivity index (χ2n) is 10.0. The lowest BCUT2D eigenvalue weighted by Gasteiger charge is -2.32. The summed E-state index contributed by atoms with van der Waals surface area (Å²) in [5, 5.41) is 4.39. The molecular formula is C31H36ClN2P. The molecule has 0 N–H and O–H groups in total. The maximum Gasteiger partial charge on any atom is 0.0551 e. The molecule has 0 bridgehead atoms. The zero-order valence-corrected chi connectivity index (χ0v) is 22.1. The van der Waals surface area contributed by atoms with Gasteiger partial charge in [0.05, 0.1) is 7.05 Å². The lowest BCUT2D eigenvalue weighted by molar-refractivity contribution is 0.395. The Kier molecular flexibility index (Phi) is 8.22. The van der Waals surface area contributed by atoms with Crippen molar-refractivity contribution >= 4 is 40.8 Å². The molecule has 3 aromatic carbocycles. The standard InChI is InChI=1S/C31H36ClN2P/c32-26-18-22-27(23-19-26)33-24-25-16-20-28(21-17-25)34-35(29-10-4-1-5-11-29,30-12-6-2-7-13-30)31-14-8-3-9-15-31/h1-15,24-28H,16-23H2. The maximum absolute atomic E-state index is 6.27. The van der Waals surface area contributed by atoms with Gasteiger partial charge in [-0.2, -0.15) is 0 Å². The van der Waals surface area contributed by atoms with Crippen LogP contribution in [0, 0.1) is 5.92 Å². The van der Waals surface area contributed by atoms with E-state index in [1.807, 2.05) is 0 Å². The van der Waals surface area contributed by atoms with E-state index in [0.717, 1.165) is 38.5 Å². The van der Waals surface area contributed by atoms with Crippen LogP contribution in [0.5, 0.6) is 0 Å². The van der Waals surface area contributed by atoms with Crippen molar-refractivity contribution in [3.63, 3.8) is 0 Å². The minimum atomic E-state index is -2.11. The molecule has 0 saturated heterocycles. The van der Waals surface area contributed by atoms with Gasteiger partial charge in [0.1, 0.15) is 0 Å². The lowest BCUT2D eigenvalue weighted by Crippen LogP contribution is -2.28. The highest BCUT2D eigenvalue weighted by Crippen LogP contribution is 2.48. The van der Waals surface area contributed by atoms with Crippen molar-refractivity contribution in [3.05, 3.63) is 91.0 Å². The fraction of sp³-hybridized carbons (Fsp3) is 0.387. The molecule has 0 unspecified atom stereocenters. The van der Waals surface area contributed by atoms with Gasteiger partial charge in [-0.05, 0) is 57.3 Å². The summed E-state index contributed by atoms with van der Waals surface area (Å²) in [5.74, 6) is 0.591. The highest BCUT2D eigenvalue weighted by Gasteiger charge is 2.30. The van der Waals surface area contributed by atoms with E-state index < -0.39 is 7.05 Å². The van der Waals surface area contributed by atoms with E-state index in [4.69, 9.17) is 21.3 Å². The number of halogens is 1. The van der Waals surface area contributed by atoms with E-state index in [1.54, 1.807) is 0 Å². The van der Waals surface area contributed by atoms with Gasteiger partial charge in [-0.25, -0.2) is 0 Å². The Labute approximate surface area is 215 Å². The number of alkyl halides is 1. The Balaban J connectivity index is 1.43. The summed E-state index contributed by atoms with van der Waals surface area (Å²) < 4.78 is 5.82. The summed E-state index contributed by atoms with van der Waals surface area (Å²) in [7, 11) is -2.11. The molecule has 3 aromatic rings. The zero-order chi connectivity index (χ0) is 23.9. The smallest absolute Gasteiger partial charge is 0.0551 e. The average molecular weight is 503 g/mol. The van der Waals surface area contributed by atoms with Crippen LogP contribution in [0.4, 0.5) is 0 Å². The topological polar surface area (TPSA) is 24.7 Å². The molecule has 35 heavy (non-hydrogen) atoms. The van der Waals surface area contributed by atoms with Crippen molar-refractivity contribution in [1.82, 2.24) is 0 Å². The molecule has 0 spiro atoms. The van der Waals surface area contributed by atoms with Crippen LogP contribution in [-0.2, 0) is 0 Å². The summed E-state index contributed by atoms with van der Waals surface area (Å²) in [6.07, 6.45) is 11.4. The second-order valence-corrected chi connectivity index (χ2v) is 13.7. The first kappa shape index (κ1) is 24.5. The van der Waals surface area contributed by atoms with Crippen LogP contribution in [0.25, 0.3) is 0 Å². The molecule has 0 heterocycles. The summed E-state index contributed by atoms with van der Waals surface area (Å²) in [6, 6.07) is 33.9. The van der Waals surface area contributed by atoms with E-state index >= 15 is 0 Å². The Bertz CT molecular complexity index is 1030. The summed E-state index contributed by atoms with van der Waals surface area (Å²) in [4.78, 5) is 4.98. The van der Waals surface area contributed by atoms with Gasteiger partial charge in [0, 0.05) is 39.6 Å². The third-order valence-corrected chi connectivity index (χ3v) is 11.8. The van der Waals surface area contributed by atoms with Crippen LogP contribution in [0.15, 0.2) is 101 Å². The van der Waals surface area contributed by atoms with Gasteiger partial charge in [0.2, 0.25) is 0 Å². The molecule has 2 aliphatic rings. The van der Waals surface area contributed by atoms with E-state index in [2.05, 4.69) is 97.2 Å². The SMILES string of the molecule is ClC1CCC(N=CC2CCC(N=P(c3ccccc3)(c3ccccc3)c3ccccc3)CC2)CC1. The Morgan fingerprint density at radius 3 is 1.46 bits per heavy atom.